The topological polar surface area (TPSA) is 46.0 Å². The molecule has 26 heavy (non-hydrogen) atoms. The summed E-state index contributed by atoms with van der Waals surface area (Å²) in [4.78, 5) is 15.8. The molecule has 0 atom stereocenters. The minimum atomic E-state index is 0.0852. The summed E-state index contributed by atoms with van der Waals surface area (Å²) < 4.78 is 5.14. The van der Waals surface area contributed by atoms with Crippen LogP contribution in [-0.4, -0.2) is 45.7 Å². The molecule has 2 aromatic carbocycles. The number of ether oxygens (including phenoxy) is 1. The van der Waals surface area contributed by atoms with Crippen LogP contribution in [0.4, 0.5) is 5.69 Å². The Morgan fingerprint density at radius 1 is 1.15 bits per heavy atom. The molecule has 3 rings (SSSR count). The van der Waals surface area contributed by atoms with Gasteiger partial charge in [0.2, 0.25) is 0 Å². The first-order valence-corrected chi connectivity index (χ1v) is 9.26. The third-order valence-electron chi connectivity index (χ3n) is 4.72. The van der Waals surface area contributed by atoms with Crippen LogP contribution in [0.5, 0.6) is 5.75 Å². The van der Waals surface area contributed by atoms with Crippen LogP contribution in [0.15, 0.2) is 48.5 Å². The lowest BCUT2D eigenvalue weighted by molar-refractivity contribution is -0.892. The van der Waals surface area contributed by atoms with E-state index in [1.54, 1.807) is 7.11 Å². The summed E-state index contributed by atoms with van der Waals surface area (Å²) in [6, 6.07) is 15.7. The summed E-state index contributed by atoms with van der Waals surface area (Å²) in [7, 11) is 1.64. The zero-order chi connectivity index (χ0) is 18.4. The van der Waals surface area contributed by atoms with Crippen LogP contribution in [0.25, 0.3) is 0 Å². The first-order chi connectivity index (χ1) is 12.7. The maximum absolute atomic E-state index is 12.2. The van der Waals surface area contributed by atoms with Crippen LogP contribution in [-0.2, 0) is 11.3 Å². The number of benzene rings is 2. The number of methoxy groups -OCH3 is 1. The van der Waals surface area contributed by atoms with Crippen molar-refractivity contribution in [2.75, 3.05) is 44.7 Å². The Morgan fingerprint density at radius 2 is 1.85 bits per heavy atom. The molecule has 0 aliphatic carbocycles. The third-order valence-corrected chi connectivity index (χ3v) is 5.04. The summed E-state index contributed by atoms with van der Waals surface area (Å²) in [5.74, 6) is 0.905. The Morgan fingerprint density at radius 3 is 2.50 bits per heavy atom. The van der Waals surface area contributed by atoms with Gasteiger partial charge in [0.15, 0.2) is 6.54 Å². The second-order valence-corrected chi connectivity index (χ2v) is 6.90. The maximum Gasteiger partial charge on any atom is 0.275 e. The number of piperazine rings is 1. The van der Waals surface area contributed by atoms with E-state index in [1.807, 2.05) is 42.5 Å². The number of hydrogen-bond donors (Lipinski definition) is 2. The van der Waals surface area contributed by atoms with E-state index < -0.39 is 0 Å². The van der Waals surface area contributed by atoms with Crippen molar-refractivity contribution in [3.05, 3.63) is 59.1 Å². The van der Waals surface area contributed by atoms with Gasteiger partial charge in [0.25, 0.3) is 5.91 Å². The van der Waals surface area contributed by atoms with E-state index in [0.29, 0.717) is 13.1 Å². The molecule has 1 amide bonds. The fourth-order valence-electron chi connectivity index (χ4n) is 3.18. The minimum Gasteiger partial charge on any atom is -0.497 e. The highest BCUT2D eigenvalue weighted by molar-refractivity contribution is 6.33. The van der Waals surface area contributed by atoms with Crippen molar-refractivity contribution in [1.82, 2.24) is 5.32 Å². The van der Waals surface area contributed by atoms with Gasteiger partial charge in [-0.15, -0.1) is 0 Å². The lowest BCUT2D eigenvalue weighted by Gasteiger charge is -2.33. The SMILES string of the molecule is COc1ccc(CNC(=O)C[NH+]2CCN(c3ccccc3Cl)CC2)cc1. The zero-order valence-corrected chi connectivity index (χ0v) is 15.8. The molecule has 0 bridgehead atoms. The molecule has 1 aliphatic heterocycles. The van der Waals surface area contributed by atoms with Crippen molar-refractivity contribution in [3.8, 4) is 5.75 Å². The summed E-state index contributed by atoms with van der Waals surface area (Å²) in [6.07, 6.45) is 0. The average Bonchev–Trinajstić information content (AvgIpc) is 2.68. The second-order valence-electron chi connectivity index (χ2n) is 6.49. The van der Waals surface area contributed by atoms with Crippen molar-refractivity contribution < 1.29 is 14.4 Å². The molecule has 2 N–H and O–H groups in total. The molecule has 2 aromatic rings. The molecule has 0 radical (unpaired) electrons. The predicted octanol–water partition coefficient (Wildman–Crippen LogP) is 1.37. The van der Waals surface area contributed by atoms with Crippen molar-refractivity contribution >= 4 is 23.2 Å². The van der Waals surface area contributed by atoms with Crippen LogP contribution in [0.3, 0.4) is 0 Å². The lowest BCUT2D eigenvalue weighted by atomic mass is 10.2. The predicted molar refractivity (Wildman–Crippen MR) is 104 cm³/mol. The van der Waals surface area contributed by atoms with E-state index >= 15 is 0 Å². The first kappa shape index (κ1) is 18.5. The van der Waals surface area contributed by atoms with Gasteiger partial charge in [-0.25, -0.2) is 0 Å². The quantitative estimate of drug-likeness (QED) is 0.802. The molecule has 1 saturated heterocycles. The number of anilines is 1. The Labute approximate surface area is 159 Å². The number of amides is 1. The van der Waals surface area contributed by atoms with E-state index in [1.165, 1.54) is 4.90 Å². The Bertz CT molecular complexity index is 728. The fraction of sp³-hybridized carbons (Fsp3) is 0.350. The van der Waals surface area contributed by atoms with Gasteiger partial charge in [0.05, 0.1) is 44.0 Å². The summed E-state index contributed by atoms with van der Waals surface area (Å²) in [5, 5.41) is 3.79. The molecule has 0 spiro atoms. The number of nitrogens with zero attached hydrogens (tertiary/aromatic N) is 1. The van der Waals surface area contributed by atoms with Crippen molar-refractivity contribution in [2.45, 2.75) is 6.54 Å². The lowest BCUT2D eigenvalue weighted by Crippen LogP contribution is -3.15. The number of quaternary nitrogens is 1. The van der Waals surface area contributed by atoms with Gasteiger partial charge in [0.1, 0.15) is 5.75 Å². The number of hydrogen-bond acceptors (Lipinski definition) is 3. The maximum atomic E-state index is 12.2. The highest BCUT2D eigenvalue weighted by atomic mass is 35.5. The molecule has 0 unspecified atom stereocenters. The number of nitrogens with one attached hydrogen (secondary N) is 2. The van der Waals surface area contributed by atoms with Crippen LogP contribution in [0, 0.1) is 0 Å². The molecule has 5 nitrogen and oxygen atoms in total. The van der Waals surface area contributed by atoms with Crippen LogP contribution in [0.1, 0.15) is 5.56 Å². The highest BCUT2D eigenvalue weighted by Gasteiger charge is 2.23. The highest BCUT2D eigenvalue weighted by Crippen LogP contribution is 2.24. The Kier molecular flexibility index (Phi) is 6.36. The van der Waals surface area contributed by atoms with Gasteiger partial charge in [0, 0.05) is 6.54 Å². The van der Waals surface area contributed by atoms with E-state index in [0.717, 1.165) is 48.2 Å². The van der Waals surface area contributed by atoms with Crippen LogP contribution in [0.2, 0.25) is 5.02 Å². The monoisotopic (exact) mass is 374 g/mol. The molecule has 6 heteroatoms. The van der Waals surface area contributed by atoms with Crippen LogP contribution >= 0.6 is 11.6 Å². The van der Waals surface area contributed by atoms with E-state index in [2.05, 4.69) is 16.3 Å². The van der Waals surface area contributed by atoms with Crippen molar-refractivity contribution in [3.63, 3.8) is 0 Å². The average molecular weight is 375 g/mol. The van der Waals surface area contributed by atoms with E-state index in [4.69, 9.17) is 16.3 Å². The van der Waals surface area contributed by atoms with Crippen LogP contribution < -0.4 is 19.9 Å². The molecule has 0 saturated carbocycles. The summed E-state index contributed by atoms with van der Waals surface area (Å²) in [6.45, 7) is 4.73. The molecule has 1 fully saturated rings. The van der Waals surface area contributed by atoms with Gasteiger partial charge in [-0.1, -0.05) is 35.9 Å². The third kappa shape index (κ3) is 4.90. The zero-order valence-electron chi connectivity index (χ0n) is 15.0. The minimum absolute atomic E-state index is 0.0852. The Balaban J connectivity index is 1.42. The standard InChI is InChI=1S/C20H24ClN3O2/c1-26-17-8-6-16(7-9-17)14-22-20(25)15-23-10-12-24(13-11-23)19-5-3-2-4-18(19)21/h2-9H,10-15H2,1H3,(H,22,25)/p+1. The number of rotatable bonds is 6. The van der Waals surface area contributed by atoms with Gasteiger partial charge in [-0.2, -0.15) is 0 Å². The first-order valence-electron chi connectivity index (χ1n) is 8.88. The number of carbonyl (C=O) groups excluding carboxylic acids is 1. The molecular weight excluding hydrogens is 350 g/mol. The number of halogens is 1. The summed E-state index contributed by atoms with van der Waals surface area (Å²) in [5.41, 5.74) is 2.15. The van der Waals surface area contributed by atoms with Gasteiger partial charge < -0.3 is 19.9 Å². The van der Waals surface area contributed by atoms with E-state index in [9.17, 15) is 4.79 Å². The molecule has 1 heterocycles. The smallest absolute Gasteiger partial charge is 0.275 e. The summed E-state index contributed by atoms with van der Waals surface area (Å²) >= 11 is 6.28. The molecule has 0 aromatic heterocycles. The number of para-hydroxylation sites is 1. The second kappa shape index (κ2) is 8.92. The van der Waals surface area contributed by atoms with Gasteiger partial charge in [-0.05, 0) is 29.8 Å². The van der Waals surface area contributed by atoms with Crippen molar-refractivity contribution in [2.24, 2.45) is 0 Å². The molecular formula is C20H25ClN3O2+. The normalized spacial score (nSPS) is 14.9. The number of carbonyl (C=O) groups is 1. The fourth-order valence-corrected chi connectivity index (χ4v) is 3.44. The van der Waals surface area contributed by atoms with Crippen molar-refractivity contribution in [1.29, 1.82) is 0 Å². The Hall–Kier alpha value is -2.24. The van der Waals surface area contributed by atoms with E-state index in [-0.39, 0.29) is 5.91 Å². The van der Waals surface area contributed by atoms with Gasteiger partial charge in [-0.3, -0.25) is 4.79 Å². The molecule has 138 valence electrons. The largest absolute Gasteiger partial charge is 0.497 e. The molecule has 1 aliphatic rings. The van der Waals surface area contributed by atoms with Gasteiger partial charge >= 0.3 is 0 Å².